The van der Waals surface area contributed by atoms with Gasteiger partial charge >= 0.3 is 0 Å². The van der Waals surface area contributed by atoms with E-state index >= 15 is 0 Å². The van der Waals surface area contributed by atoms with Crippen molar-refractivity contribution in [3.63, 3.8) is 0 Å². The summed E-state index contributed by atoms with van der Waals surface area (Å²) in [6, 6.07) is 18.7. The van der Waals surface area contributed by atoms with Gasteiger partial charge in [-0.1, -0.05) is 41.9 Å². The average Bonchev–Trinajstić information content (AvgIpc) is 2.74. The number of carbonyl (C=O) groups is 1. The smallest absolute Gasteiger partial charge is 0.261 e. The number of amides is 1. The van der Waals surface area contributed by atoms with Crippen molar-refractivity contribution in [3.05, 3.63) is 88.4 Å². The molecule has 1 amide bonds. The summed E-state index contributed by atoms with van der Waals surface area (Å²) in [4.78, 5) is 12.1. The van der Waals surface area contributed by atoms with Crippen molar-refractivity contribution < 1.29 is 17.9 Å². The van der Waals surface area contributed by atoms with Crippen LogP contribution in [0.4, 0.5) is 5.69 Å². The van der Waals surface area contributed by atoms with Crippen LogP contribution in [0.3, 0.4) is 0 Å². The molecule has 31 heavy (non-hydrogen) atoms. The van der Waals surface area contributed by atoms with Gasteiger partial charge < -0.3 is 10.1 Å². The molecule has 0 aliphatic carbocycles. The zero-order valence-electron chi connectivity index (χ0n) is 17.2. The molecular formula is C23H23ClN2O4S. The van der Waals surface area contributed by atoms with E-state index in [1.807, 2.05) is 44.2 Å². The van der Waals surface area contributed by atoms with Crippen molar-refractivity contribution in [2.75, 3.05) is 11.3 Å². The molecule has 0 atom stereocenters. The number of sulfonamides is 1. The highest BCUT2D eigenvalue weighted by Crippen LogP contribution is 2.22. The monoisotopic (exact) mass is 458 g/mol. The molecule has 0 unspecified atom stereocenters. The van der Waals surface area contributed by atoms with Crippen LogP contribution < -0.4 is 14.8 Å². The molecule has 0 aliphatic heterocycles. The van der Waals surface area contributed by atoms with Crippen molar-refractivity contribution >= 4 is 33.2 Å². The molecule has 162 valence electrons. The predicted octanol–water partition coefficient (Wildman–Crippen LogP) is 4.45. The molecule has 0 radical (unpaired) electrons. The Morgan fingerprint density at radius 1 is 1.00 bits per heavy atom. The number of halogens is 1. The minimum atomic E-state index is -3.74. The van der Waals surface area contributed by atoms with Gasteiger partial charge in [0, 0.05) is 11.6 Å². The Morgan fingerprint density at radius 2 is 1.71 bits per heavy atom. The number of benzene rings is 3. The first-order valence-electron chi connectivity index (χ1n) is 9.57. The lowest BCUT2D eigenvalue weighted by atomic mass is 10.1. The van der Waals surface area contributed by atoms with Crippen molar-refractivity contribution in [1.29, 1.82) is 0 Å². The van der Waals surface area contributed by atoms with Crippen LogP contribution in [0, 0.1) is 13.8 Å². The standard InChI is InChI=1S/C23H23ClN2O4S/c1-16-7-8-17(2)22(13-16)26-31(28,29)20-11-9-19(10-12-20)30-15-23(27)25-14-18-5-3-4-6-21(18)24/h3-13,26H,14-15H2,1-2H3,(H,25,27). The largest absolute Gasteiger partial charge is 0.484 e. The third-order valence-electron chi connectivity index (χ3n) is 4.58. The molecule has 8 heteroatoms. The lowest BCUT2D eigenvalue weighted by molar-refractivity contribution is -0.123. The number of aryl methyl sites for hydroxylation is 2. The highest BCUT2D eigenvalue weighted by Gasteiger charge is 2.15. The van der Waals surface area contributed by atoms with E-state index in [1.165, 1.54) is 24.3 Å². The summed E-state index contributed by atoms with van der Waals surface area (Å²) in [5, 5.41) is 3.31. The molecule has 0 heterocycles. The second-order valence-electron chi connectivity index (χ2n) is 7.05. The third kappa shape index (κ3) is 6.23. The Balaban J connectivity index is 1.56. The normalized spacial score (nSPS) is 11.1. The van der Waals surface area contributed by atoms with E-state index in [4.69, 9.17) is 16.3 Å². The highest BCUT2D eigenvalue weighted by atomic mass is 35.5. The predicted molar refractivity (Wildman–Crippen MR) is 122 cm³/mol. The molecule has 0 aromatic heterocycles. The van der Waals surface area contributed by atoms with Crippen LogP contribution in [-0.4, -0.2) is 20.9 Å². The average molecular weight is 459 g/mol. The van der Waals surface area contributed by atoms with Gasteiger partial charge in [-0.15, -0.1) is 0 Å². The summed E-state index contributed by atoms with van der Waals surface area (Å²) in [6.45, 7) is 3.83. The Hall–Kier alpha value is -3.03. The third-order valence-corrected chi connectivity index (χ3v) is 6.33. The number of hydrogen-bond donors (Lipinski definition) is 2. The first-order chi connectivity index (χ1) is 14.7. The number of rotatable bonds is 8. The number of hydrogen-bond acceptors (Lipinski definition) is 4. The maximum absolute atomic E-state index is 12.7. The number of carbonyl (C=O) groups excluding carboxylic acids is 1. The van der Waals surface area contributed by atoms with E-state index in [0.717, 1.165) is 16.7 Å². The van der Waals surface area contributed by atoms with Gasteiger partial charge in [0.2, 0.25) is 0 Å². The van der Waals surface area contributed by atoms with Crippen LogP contribution in [0.2, 0.25) is 5.02 Å². The molecule has 6 nitrogen and oxygen atoms in total. The number of ether oxygens (including phenoxy) is 1. The van der Waals surface area contributed by atoms with E-state index < -0.39 is 10.0 Å². The van der Waals surface area contributed by atoms with Crippen LogP contribution >= 0.6 is 11.6 Å². The number of anilines is 1. The van der Waals surface area contributed by atoms with Gasteiger partial charge in [0.15, 0.2) is 6.61 Å². The Labute approximate surface area is 187 Å². The minimum Gasteiger partial charge on any atom is -0.484 e. The fourth-order valence-electron chi connectivity index (χ4n) is 2.80. The molecule has 2 N–H and O–H groups in total. The maximum Gasteiger partial charge on any atom is 0.261 e. The quantitative estimate of drug-likeness (QED) is 0.522. The van der Waals surface area contributed by atoms with Crippen molar-refractivity contribution in [2.45, 2.75) is 25.3 Å². The van der Waals surface area contributed by atoms with Crippen LogP contribution in [0.1, 0.15) is 16.7 Å². The van der Waals surface area contributed by atoms with E-state index in [0.29, 0.717) is 23.0 Å². The molecule has 3 aromatic carbocycles. The van der Waals surface area contributed by atoms with Crippen LogP contribution in [0.5, 0.6) is 5.75 Å². The van der Waals surface area contributed by atoms with Gasteiger partial charge in [0.25, 0.3) is 15.9 Å². The highest BCUT2D eigenvalue weighted by molar-refractivity contribution is 7.92. The van der Waals surface area contributed by atoms with Crippen molar-refractivity contribution in [2.24, 2.45) is 0 Å². The van der Waals surface area contributed by atoms with E-state index in [2.05, 4.69) is 10.0 Å². The van der Waals surface area contributed by atoms with Gasteiger partial charge in [-0.05, 0) is 66.9 Å². The summed E-state index contributed by atoms with van der Waals surface area (Å²) in [7, 11) is -3.74. The van der Waals surface area contributed by atoms with Crippen LogP contribution in [-0.2, 0) is 21.4 Å². The molecule has 0 bridgehead atoms. The van der Waals surface area contributed by atoms with Gasteiger partial charge in [-0.3, -0.25) is 9.52 Å². The van der Waals surface area contributed by atoms with E-state index in [-0.39, 0.29) is 17.4 Å². The molecule has 3 rings (SSSR count). The SMILES string of the molecule is Cc1ccc(C)c(NS(=O)(=O)c2ccc(OCC(=O)NCc3ccccc3Cl)cc2)c1. The maximum atomic E-state index is 12.7. The summed E-state index contributed by atoms with van der Waals surface area (Å²) in [5.41, 5.74) is 3.13. The molecule has 0 saturated carbocycles. The van der Waals surface area contributed by atoms with Gasteiger partial charge in [-0.25, -0.2) is 8.42 Å². The lowest BCUT2D eigenvalue weighted by Crippen LogP contribution is -2.28. The Morgan fingerprint density at radius 3 is 2.42 bits per heavy atom. The summed E-state index contributed by atoms with van der Waals surface area (Å²) < 4.78 is 33.4. The van der Waals surface area contributed by atoms with Gasteiger partial charge in [0.1, 0.15) is 5.75 Å². The van der Waals surface area contributed by atoms with Crippen LogP contribution in [0.25, 0.3) is 0 Å². The zero-order valence-corrected chi connectivity index (χ0v) is 18.8. The van der Waals surface area contributed by atoms with Gasteiger partial charge in [0.05, 0.1) is 10.6 Å². The molecule has 3 aromatic rings. The second kappa shape index (κ2) is 9.85. The molecule has 0 spiro atoms. The van der Waals surface area contributed by atoms with Crippen LogP contribution in [0.15, 0.2) is 71.6 Å². The topological polar surface area (TPSA) is 84.5 Å². The first kappa shape index (κ1) is 22.7. The van der Waals surface area contributed by atoms with E-state index in [9.17, 15) is 13.2 Å². The fraction of sp³-hybridized carbons (Fsp3) is 0.174. The summed E-state index contributed by atoms with van der Waals surface area (Å²) in [6.07, 6.45) is 0. The molecule has 0 aliphatic rings. The van der Waals surface area contributed by atoms with Crippen molar-refractivity contribution in [3.8, 4) is 5.75 Å². The lowest BCUT2D eigenvalue weighted by Gasteiger charge is -2.12. The van der Waals surface area contributed by atoms with Gasteiger partial charge in [-0.2, -0.15) is 0 Å². The summed E-state index contributed by atoms with van der Waals surface area (Å²) in [5.74, 6) is 0.0757. The Bertz CT molecular complexity index is 1180. The molecule has 0 saturated heterocycles. The molecular weight excluding hydrogens is 436 g/mol. The summed E-state index contributed by atoms with van der Waals surface area (Å²) >= 11 is 6.06. The molecule has 0 fully saturated rings. The van der Waals surface area contributed by atoms with Crippen molar-refractivity contribution in [1.82, 2.24) is 5.32 Å². The first-order valence-corrected chi connectivity index (χ1v) is 11.4. The van der Waals surface area contributed by atoms with E-state index in [1.54, 1.807) is 12.1 Å². The second-order valence-corrected chi connectivity index (χ2v) is 9.14. The zero-order chi connectivity index (χ0) is 22.4. The minimum absolute atomic E-state index is 0.101. The fourth-order valence-corrected chi connectivity index (χ4v) is 4.12. The Kier molecular flexibility index (Phi) is 7.20. The number of nitrogens with one attached hydrogen (secondary N) is 2.